The van der Waals surface area contributed by atoms with Crippen LogP contribution >= 0.6 is 11.8 Å². The van der Waals surface area contributed by atoms with Crippen LogP contribution in [0.1, 0.15) is 13.3 Å². The van der Waals surface area contributed by atoms with Gasteiger partial charge in [0.25, 0.3) is 0 Å². The molecule has 1 atom stereocenters. The second kappa shape index (κ2) is 4.35. The second-order valence-electron chi connectivity index (χ2n) is 2.65. The van der Waals surface area contributed by atoms with Crippen LogP contribution in [0.15, 0.2) is 5.16 Å². The van der Waals surface area contributed by atoms with Gasteiger partial charge in [0.1, 0.15) is 0 Å². The summed E-state index contributed by atoms with van der Waals surface area (Å²) < 4.78 is 0. The Morgan fingerprint density at radius 1 is 1.92 bits per heavy atom. The van der Waals surface area contributed by atoms with E-state index in [1.54, 1.807) is 11.8 Å². The van der Waals surface area contributed by atoms with Gasteiger partial charge in [-0.05, 0) is 0 Å². The molecule has 1 saturated heterocycles. The molecule has 1 rings (SSSR count). The molecular weight excluding hydrogens is 178 g/mol. The van der Waals surface area contributed by atoms with Gasteiger partial charge < -0.3 is 9.94 Å². The maximum atomic E-state index is 10.0. The number of oxime groups is 1. The Kier molecular flexibility index (Phi) is 3.40. The van der Waals surface area contributed by atoms with Crippen molar-refractivity contribution < 1.29 is 14.7 Å². The quantitative estimate of drug-likeness (QED) is 0.672. The number of carbonyl (C=O) groups is 1. The fraction of sp³-hybridized carbons (Fsp3) is 0.714. The first kappa shape index (κ1) is 9.38. The number of rotatable bonds is 3. The van der Waals surface area contributed by atoms with E-state index in [2.05, 4.69) is 16.9 Å². The van der Waals surface area contributed by atoms with Crippen molar-refractivity contribution in [1.29, 1.82) is 0 Å². The zero-order valence-corrected chi connectivity index (χ0v) is 7.63. The molecule has 4 nitrogen and oxygen atoms in total. The van der Waals surface area contributed by atoms with Crippen molar-refractivity contribution in [2.24, 2.45) is 5.16 Å². The van der Waals surface area contributed by atoms with Crippen molar-refractivity contribution in [2.45, 2.75) is 18.6 Å². The number of thioether (sulfide) groups is 1. The van der Waals surface area contributed by atoms with E-state index in [1.807, 2.05) is 0 Å². The summed E-state index contributed by atoms with van der Waals surface area (Å²) in [6.07, 6.45) is 0.907. The van der Waals surface area contributed by atoms with Crippen molar-refractivity contribution >= 4 is 23.4 Å². The lowest BCUT2D eigenvalue weighted by molar-refractivity contribution is -0.142. The minimum absolute atomic E-state index is 0.345. The monoisotopic (exact) mass is 189 g/mol. The van der Waals surface area contributed by atoms with E-state index >= 15 is 0 Å². The summed E-state index contributed by atoms with van der Waals surface area (Å²) in [5, 5.41) is 12.5. The van der Waals surface area contributed by atoms with E-state index in [4.69, 9.17) is 5.11 Å². The van der Waals surface area contributed by atoms with Crippen LogP contribution < -0.4 is 0 Å². The predicted octanol–water partition coefficient (Wildman–Crippen LogP) is 0.969. The van der Waals surface area contributed by atoms with Crippen LogP contribution in [0.2, 0.25) is 0 Å². The maximum Gasteiger partial charge on any atom is 0.344 e. The fourth-order valence-electron chi connectivity index (χ4n) is 0.931. The molecule has 1 aliphatic rings. The van der Waals surface area contributed by atoms with Crippen LogP contribution in [0, 0.1) is 0 Å². The van der Waals surface area contributed by atoms with E-state index in [0.717, 1.165) is 17.9 Å². The third-order valence-corrected chi connectivity index (χ3v) is 2.67. The Morgan fingerprint density at radius 2 is 2.67 bits per heavy atom. The van der Waals surface area contributed by atoms with Gasteiger partial charge in [-0.15, -0.1) is 0 Å². The Hall–Kier alpha value is -0.710. The zero-order chi connectivity index (χ0) is 8.97. The molecule has 0 aromatic carbocycles. The Balaban J connectivity index is 2.23. The van der Waals surface area contributed by atoms with Gasteiger partial charge >= 0.3 is 5.97 Å². The van der Waals surface area contributed by atoms with Crippen molar-refractivity contribution in [1.82, 2.24) is 0 Å². The first-order valence-corrected chi connectivity index (χ1v) is 4.74. The van der Waals surface area contributed by atoms with Gasteiger partial charge in [0.05, 0.1) is 5.71 Å². The molecular formula is C7H11NO3S. The molecule has 0 aliphatic carbocycles. The van der Waals surface area contributed by atoms with Crippen LogP contribution in [0.5, 0.6) is 0 Å². The van der Waals surface area contributed by atoms with Crippen molar-refractivity contribution in [3.05, 3.63) is 0 Å². The minimum atomic E-state index is -0.988. The molecule has 1 N–H and O–H groups in total. The van der Waals surface area contributed by atoms with E-state index in [1.165, 1.54) is 0 Å². The second-order valence-corrected chi connectivity index (χ2v) is 4.08. The van der Waals surface area contributed by atoms with Gasteiger partial charge in [-0.2, -0.15) is 11.8 Å². The zero-order valence-electron chi connectivity index (χ0n) is 6.82. The van der Waals surface area contributed by atoms with Crippen LogP contribution in [0.3, 0.4) is 0 Å². The SMILES string of the molecule is CC1CC(=NOCC(=O)O)CS1. The molecule has 0 bridgehead atoms. The maximum absolute atomic E-state index is 10.0. The van der Waals surface area contributed by atoms with Crippen LogP contribution in [-0.2, 0) is 9.63 Å². The first-order valence-electron chi connectivity index (χ1n) is 3.69. The summed E-state index contributed by atoms with van der Waals surface area (Å²) in [5.74, 6) is -0.126. The van der Waals surface area contributed by atoms with Gasteiger partial charge in [-0.25, -0.2) is 4.79 Å². The molecule has 1 fully saturated rings. The highest BCUT2D eigenvalue weighted by molar-refractivity contribution is 8.01. The highest BCUT2D eigenvalue weighted by Crippen LogP contribution is 2.23. The average molecular weight is 189 g/mol. The third-order valence-electron chi connectivity index (χ3n) is 1.44. The largest absolute Gasteiger partial charge is 0.479 e. The minimum Gasteiger partial charge on any atom is -0.479 e. The highest BCUT2D eigenvalue weighted by Gasteiger charge is 2.17. The lowest BCUT2D eigenvalue weighted by Crippen LogP contribution is -2.06. The van der Waals surface area contributed by atoms with Crippen LogP contribution in [0.25, 0.3) is 0 Å². The van der Waals surface area contributed by atoms with Crippen molar-refractivity contribution in [3.63, 3.8) is 0 Å². The molecule has 0 aromatic heterocycles. The molecule has 0 amide bonds. The number of hydrogen-bond donors (Lipinski definition) is 1. The lowest BCUT2D eigenvalue weighted by Gasteiger charge is -1.95. The number of nitrogens with zero attached hydrogens (tertiary/aromatic N) is 1. The molecule has 1 unspecified atom stereocenters. The Bertz CT molecular complexity index is 205. The molecule has 5 heteroatoms. The van der Waals surface area contributed by atoms with Gasteiger partial charge in [0.15, 0.2) is 0 Å². The van der Waals surface area contributed by atoms with Crippen LogP contribution in [0.4, 0.5) is 0 Å². The number of aliphatic carboxylic acids is 1. The number of carboxylic acid groups (broad SMARTS) is 1. The normalized spacial score (nSPS) is 26.1. The Labute approximate surface area is 75.0 Å². The predicted molar refractivity (Wildman–Crippen MR) is 47.6 cm³/mol. The van der Waals surface area contributed by atoms with Crippen LogP contribution in [-0.4, -0.2) is 34.4 Å². The molecule has 0 radical (unpaired) electrons. The molecule has 0 saturated carbocycles. The molecule has 1 heterocycles. The summed E-state index contributed by atoms with van der Waals surface area (Å²) in [6, 6.07) is 0. The van der Waals surface area contributed by atoms with E-state index in [0.29, 0.717) is 5.25 Å². The summed E-state index contributed by atoms with van der Waals surface area (Å²) in [4.78, 5) is 14.6. The van der Waals surface area contributed by atoms with E-state index in [-0.39, 0.29) is 6.61 Å². The average Bonchev–Trinajstić information content (AvgIpc) is 2.35. The van der Waals surface area contributed by atoms with E-state index in [9.17, 15) is 4.79 Å². The smallest absolute Gasteiger partial charge is 0.344 e. The molecule has 12 heavy (non-hydrogen) atoms. The first-order chi connectivity index (χ1) is 5.68. The molecule has 68 valence electrons. The fourth-order valence-corrected chi connectivity index (χ4v) is 1.89. The Morgan fingerprint density at radius 3 is 3.17 bits per heavy atom. The molecule has 0 spiro atoms. The topological polar surface area (TPSA) is 58.9 Å². The summed E-state index contributed by atoms with van der Waals surface area (Å²) in [6.45, 7) is 1.77. The summed E-state index contributed by atoms with van der Waals surface area (Å²) >= 11 is 1.81. The van der Waals surface area contributed by atoms with Crippen molar-refractivity contribution in [3.8, 4) is 0 Å². The van der Waals surface area contributed by atoms with E-state index < -0.39 is 5.97 Å². The summed E-state index contributed by atoms with van der Waals surface area (Å²) in [5.41, 5.74) is 0.953. The molecule has 1 aliphatic heterocycles. The third kappa shape index (κ3) is 3.13. The van der Waals surface area contributed by atoms with Gasteiger partial charge in [0, 0.05) is 17.4 Å². The number of carboxylic acids is 1. The molecule has 0 aromatic rings. The van der Waals surface area contributed by atoms with Gasteiger partial charge in [-0.1, -0.05) is 12.1 Å². The summed E-state index contributed by atoms with van der Waals surface area (Å²) in [7, 11) is 0. The van der Waals surface area contributed by atoms with Gasteiger partial charge in [-0.3, -0.25) is 0 Å². The van der Waals surface area contributed by atoms with Gasteiger partial charge in [0.2, 0.25) is 6.61 Å². The van der Waals surface area contributed by atoms with Crippen molar-refractivity contribution in [2.75, 3.05) is 12.4 Å². The number of hydrogen-bond acceptors (Lipinski definition) is 4. The highest BCUT2D eigenvalue weighted by atomic mass is 32.2. The lowest BCUT2D eigenvalue weighted by atomic mass is 10.2. The standard InChI is InChI=1S/C7H11NO3S/c1-5-2-6(4-12-5)8-11-3-7(9)10/h5H,2-4H2,1H3,(H,9,10).